The molecule has 1 aromatic heterocycles. The molecule has 2 aliphatic carbocycles. The van der Waals surface area contributed by atoms with Crippen LogP contribution in [-0.4, -0.2) is 58.9 Å². The van der Waals surface area contributed by atoms with Crippen LogP contribution in [0.2, 0.25) is 0 Å². The molecule has 1 aliphatic heterocycles. The molecule has 1 spiro atoms. The Bertz CT molecular complexity index is 1050. The minimum Gasteiger partial charge on any atom is -0.476 e. The molecular formula is C25H34N6O3. The molecule has 2 saturated carbocycles. The topological polar surface area (TPSA) is 148 Å². The third-order valence-corrected chi connectivity index (χ3v) is 7.45. The number of nitrogens with one attached hydrogen (secondary N) is 1. The Kier molecular flexibility index (Phi) is 7.11. The summed E-state index contributed by atoms with van der Waals surface area (Å²) in [5, 5.41) is 7.33. The molecule has 1 saturated heterocycles. The van der Waals surface area contributed by atoms with Gasteiger partial charge in [0.1, 0.15) is 12.4 Å². The summed E-state index contributed by atoms with van der Waals surface area (Å²) in [6.07, 6.45) is 9.21. The van der Waals surface area contributed by atoms with Gasteiger partial charge in [0.2, 0.25) is 5.88 Å². The normalized spacial score (nSPS) is 27.8. The van der Waals surface area contributed by atoms with E-state index in [1.807, 2.05) is 0 Å². The van der Waals surface area contributed by atoms with Crippen LogP contribution in [0, 0.1) is 10.8 Å². The molecule has 9 nitrogen and oxygen atoms in total. The highest BCUT2D eigenvalue weighted by molar-refractivity contribution is 6.17. The van der Waals surface area contributed by atoms with E-state index in [9.17, 15) is 9.59 Å². The fourth-order valence-corrected chi connectivity index (χ4v) is 5.38. The van der Waals surface area contributed by atoms with E-state index in [2.05, 4.69) is 21.9 Å². The molecule has 182 valence electrons. The first-order chi connectivity index (χ1) is 16.4. The SMILES string of the molecule is CN1CCC[C@H]1COc1cc(/C(N)=C/C=N)nc(/C(N)=C2\CCC[C@@]3(CCCCC3=O)C2=O)n1. The summed E-state index contributed by atoms with van der Waals surface area (Å²) >= 11 is 0. The van der Waals surface area contributed by atoms with Crippen molar-refractivity contribution in [2.45, 2.75) is 63.8 Å². The summed E-state index contributed by atoms with van der Waals surface area (Å²) in [5.41, 5.74) is 12.9. The van der Waals surface area contributed by atoms with Gasteiger partial charge in [-0.25, -0.2) is 4.98 Å². The Labute approximate surface area is 200 Å². The van der Waals surface area contributed by atoms with Gasteiger partial charge in [0.05, 0.1) is 22.5 Å². The first-order valence-corrected chi connectivity index (χ1v) is 12.1. The second-order valence-electron chi connectivity index (χ2n) is 9.58. The average Bonchev–Trinajstić information content (AvgIpc) is 3.25. The number of nitrogens with zero attached hydrogens (tertiary/aromatic N) is 3. The third kappa shape index (κ3) is 4.61. The minimum absolute atomic E-state index is 0.0336. The number of aromatic nitrogens is 2. The number of carbonyl (C=O) groups is 2. The molecular weight excluding hydrogens is 432 g/mol. The first kappa shape index (κ1) is 24.1. The molecule has 9 heteroatoms. The zero-order valence-electron chi connectivity index (χ0n) is 19.8. The zero-order valence-corrected chi connectivity index (χ0v) is 19.8. The standard InChI is InChI=1S/C25H34N6O3/c1-31-13-5-6-16(31)15-34-21-14-19(18(27)9-12-26)29-24(30-21)22(28)17-7-4-11-25(23(17)33)10-3-2-8-20(25)32/h9,12,14,16,26H,2-8,10-11,13,15,27-28H2,1H3/b18-9-,22-17-,26-12?/t16-,25+/m0/s1. The Morgan fingerprint density at radius 3 is 2.71 bits per heavy atom. The summed E-state index contributed by atoms with van der Waals surface area (Å²) in [5.74, 6) is 0.341. The van der Waals surface area contributed by atoms with Gasteiger partial charge in [0.25, 0.3) is 0 Å². The van der Waals surface area contributed by atoms with E-state index in [0.29, 0.717) is 55.5 Å². The Hall–Kier alpha value is -3.07. The molecule has 0 amide bonds. The van der Waals surface area contributed by atoms with E-state index in [0.717, 1.165) is 44.9 Å². The van der Waals surface area contributed by atoms with Crippen LogP contribution in [0.5, 0.6) is 5.88 Å². The smallest absolute Gasteiger partial charge is 0.217 e. The van der Waals surface area contributed by atoms with Crippen molar-refractivity contribution in [3.8, 4) is 5.88 Å². The van der Waals surface area contributed by atoms with E-state index in [1.54, 1.807) is 6.07 Å². The van der Waals surface area contributed by atoms with Gasteiger partial charge in [-0.2, -0.15) is 4.98 Å². The predicted molar refractivity (Wildman–Crippen MR) is 130 cm³/mol. The maximum atomic E-state index is 13.6. The van der Waals surface area contributed by atoms with Crippen LogP contribution in [-0.2, 0) is 9.59 Å². The van der Waals surface area contributed by atoms with Gasteiger partial charge in [-0.05, 0) is 64.6 Å². The van der Waals surface area contributed by atoms with E-state index in [1.165, 1.54) is 6.08 Å². The van der Waals surface area contributed by atoms with Crippen LogP contribution in [0.25, 0.3) is 11.4 Å². The predicted octanol–water partition coefficient (Wildman–Crippen LogP) is 2.45. The van der Waals surface area contributed by atoms with Crippen LogP contribution in [0.15, 0.2) is 17.7 Å². The van der Waals surface area contributed by atoms with Crippen LogP contribution in [0.3, 0.4) is 0 Å². The minimum atomic E-state index is -0.945. The van der Waals surface area contributed by atoms with Gasteiger partial charge in [-0.3, -0.25) is 9.59 Å². The van der Waals surface area contributed by atoms with Gasteiger partial charge < -0.3 is 26.5 Å². The molecule has 5 N–H and O–H groups in total. The van der Waals surface area contributed by atoms with Crippen LogP contribution in [0.1, 0.15) is 69.3 Å². The molecule has 0 aromatic carbocycles. The molecule has 1 aromatic rings. The van der Waals surface area contributed by atoms with Gasteiger partial charge in [0.15, 0.2) is 11.6 Å². The highest BCUT2D eigenvalue weighted by atomic mass is 16.5. The highest BCUT2D eigenvalue weighted by Gasteiger charge is 2.49. The number of ether oxygens (including phenoxy) is 1. The highest BCUT2D eigenvalue weighted by Crippen LogP contribution is 2.45. The number of nitrogens with two attached hydrogens (primary N) is 2. The molecule has 3 aliphatic rings. The van der Waals surface area contributed by atoms with Gasteiger partial charge in [-0.15, -0.1) is 0 Å². The van der Waals surface area contributed by atoms with Crippen molar-refractivity contribution in [3.63, 3.8) is 0 Å². The molecule has 2 heterocycles. The van der Waals surface area contributed by atoms with Gasteiger partial charge in [0, 0.05) is 30.3 Å². The molecule has 2 atom stereocenters. The Morgan fingerprint density at radius 1 is 1.21 bits per heavy atom. The van der Waals surface area contributed by atoms with Crippen molar-refractivity contribution in [2.75, 3.05) is 20.2 Å². The second kappa shape index (κ2) is 10.0. The van der Waals surface area contributed by atoms with Crippen molar-refractivity contribution < 1.29 is 14.3 Å². The molecule has 0 radical (unpaired) electrons. The quantitative estimate of drug-likeness (QED) is 0.329. The fourth-order valence-electron chi connectivity index (χ4n) is 5.38. The maximum absolute atomic E-state index is 13.6. The number of hydrogen-bond donors (Lipinski definition) is 3. The van der Waals surface area contributed by atoms with Crippen LogP contribution < -0.4 is 16.2 Å². The number of allylic oxidation sites excluding steroid dienone is 2. The molecule has 3 fully saturated rings. The van der Waals surface area contributed by atoms with E-state index < -0.39 is 5.41 Å². The van der Waals surface area contributed by atoms with Crippen molar-refractivity contribution >= 4 is 29.2 Å². The number of likely N-dealkylation sites (N-methyl/N-ethyl adjacent to an activating group) is 1. The third-order valence-electron chi connectivity index (χ3n) is 7.45. The summed E-state index contributed by atoms with van der Waals surface area (Å²) in [6, 6.07) is 1.92. The summed E-state index contributed by atoms with van der Waals surface area (Å²) < 4.78 is 6.01. The Morgan fingerprint density at radius 2 is 2.00 bits per heavy atom. The lowest BCUT2D eigenvalue weighted by Crippen LogP contribution is -2.45. The summed E-state index contributed by atoms with van der Waals surface area (Å²) in [4.78, 5) is 37.6. The lowest BCUT2D eigenvalue weighted by Gasteiger charge is -2.38. The number of ketones is 2. The summed E-state index contributed by atoms with van der Waals surface area (Å²) in [6.45, 7) is 1.50. The van der Waals surface area contributed by atoms with Gasteiger partial charge >= 0.3 is 0 Å². The first-order valence-electron chi connectivity index (χ1n) is 12.1. The van der Waals surface area contributed by atoms with Crippen molar-refractivity contribution in [1.82, 2.24) is 14.9 Å². The monoisotopic (exact) mass is 466 g/mol. The van der Waals surface area contributed by atoms with E-state index in [4.69, 9.17) is 21.6 Å². The zero-order chi connectivity index (χ0) is 24.3. The number of Topliss-reactive ketones (excluding diaryl/α,β-unsaturated/α-hetero) is 2. The lowest BCUT2D eigenvalue weighted by molar-refractivity contribution is -0.143. The molecule has 34 heavy (non-hydrogen) atoms. The lowest BCUT2D eigenvalue weighted by atomic mass is 9.62. The van der Waals surface area contributed by atoms with Crippen molar-refractivity contribution in [3.05, 3.63) is 29.2 Å². The number of hydrogen-bond acceptors (Lipinski definition) is 9. The number of likely N-dealkylation sites (tertiary alicyclic amines) is 1. The molecule has 0 unspecified atom stereocenters. The van der Waals surface area contributed by atoms with Crippen molar-refractivity contribution in [2.24, 2.45) is 16.9 Å². The van der Waals surface area contributed by atoms with Crippen LogP contribution >= 0.6 is 0 Å². The average molecular weight is 467 g/mol. The van der Waals surface area contributed by atoms with E-state index in [-0.39, 0.29) is 28.8 Å². The Balaban J connectivity index is 1.69. The molecule has 4 rings (SSSR count). The maximum Gasteiger partial charge on any atom is 0.217 e. The van der Waals surface area contributed by atoms with Gasteiger partial charge in [-0.1, -0.05) is 6.42 Å². The fraction of sp³-hybridized carbons (Fsp3) is 0.560. The number of rotatable bonds is 6. The summed E-state index contributed by atoms with van der Waals surface area (Å²) in [7, 11) is 2.07. The number of carbonyl (C=O) groups excluding carboxylic acids is 2. The van der Waals surface area contributed by atoms with Crippen molar-refractivity contribution in [1.29, 1.82) is 5.41 Å². The second-order valence-corrected chi connectivity index (χ2v) is 9.58. The molecule has 0 bridgehead atoms. The van der Waals surface area contributed by atoms with E-state index >= 15 is 0 Å². The largest absolute Gasteiger partial charge is 0.476 e. The van der Waals surface area contributed by atoms with Crippen LogP contribution in [0.4, 0.5) is 0 Å².